The molecular formula is C21H24ClNO2. The van der Waals surface area contributed by atoms with Crippen molar-refractivity contribution in [3.8, 4) is 5.75 Å². The molecule has 3 aromatic carbocycles. The maximum Gasteiger partial charge on any atom is 0.124 e. The van der Waals surface area contributed by atoms with Crippen LogP contribution >= 0.6 is 12.4 Å². The van der Waals surface area contributed by atoms with Crippen molar-refractivity contribution in [3.63, 3.8) is 0 Å². The fourth-order valence-electron chi connectivity index (χ4n) is 2.77. The maximum atomic E-state index is 9.47. The first-order valence-corrected chi connectivity index (χ1v) is 8.30. The van der Waals surface area contributed by atoms with Crippen molar-refractivity contribution in [3.05, 3.63) is 77.9 Å². The molecule has 0 aliphatic carbocycles. The molecule has 0 aliphatic rings. The Morgan fingerprint density at radius 2 is 1.68 bits per heavy atom. The Hall–Kier alpha value is -2.07. The van der Waals surface area contributed by atoms with E-state index in [0.29, 0.717) is 19.7 Å². The quantitative estimate of drug-likeness (QED) is 0.662. The van der Waals surface area contributed by atoms with E-state index in [2.05, 4.69) is 35.6 Å². The molecule has 25 heavy (non-hydrogen) atoms. The molecule has 0 saturated heterocycles. The molecule has 2 N–H and O–H groups in total. The Morgan fingerprint density at radius 3 is 2.44 bits per heavy atom. The van der Waals surface area contributed by atoms with Crippen molar-refractivity contribution in [1.82, 2.24) is 5.32 Å². The summed E-state index contributed by atoms with van der Waals surface area (Å²) in [6, 6.07) is 22.6. The van der Waals surface area contributed by atoms with Gasteiger partial charge in [0, 0.05) is 18.7 Å². The molecule has 0 fully saturated rings. The summed E-state index contributed by atoms with van der Waals surface area (Å²) < 4.78 is 6.09. The molecule has 1 unspecified atom stereocenters. The number of hydrogen-bond donors (Lipinski definition) is 2. The van der Waals surface area contributed by atoms with Gasteiger partial charge in [0.25, 0.3) is 0 Å². The van der Waals surface area contributed by atoms with Gasteiger partial charge in [0.1, 0.15) is 12.4 Å². The van der Waals surface area contributed by atoms with E-state index in [9.17, 15) is 5.11 Å². The summed E-state index contributed by atoms with van der Waals surface area (Å²) in [7, 11) is 0. The molecule has 0 bridgehead atoms. The van der Waals surface area contributed by atoms with Gasteiger partial charge in [-0.15, -0.1) is 12.4 Å². The number of rotatable bonds is 7. The molecular weight excluding hydrogens is 334 g/mol. The van der Waals surface area contributed by atoms with Gasteiger partial charge < -0.3 is 15.2 Å². The monoisotopic (exact) mass is 357 g/mol. The zero-order valence-corrected chi connectivity index (χ0v) is 15.1. The number of aliphatic hydroxyl groups is 1. The van der Waals surface area contributed by atoms with Crippen molar-refractivity contribution in [2.24, 2.45) is 0 Å². The van der Waals surface area contributed by atoms with Gasteiger partial charge in [-0.2, -0.15) is 0 Å². The van der Waals surface area contributed by atoms with Crippen LogP contribution in [0.2, 0.25) is 0 Å². The van der Waals surface area contributed by atoms with Crippen molar-refractivity contribution in [1.29, 1.82) is 0 Å². The number of hydrogen-bond acceptors (Lipinski definition) is 3. The van der Waals surface area contributed by atoms with Gasteiger partial charge >= 0.3 is 0 Å². The lowest BCUT2D eigenvalue weighted by Gasteiger charge is -2.16. The van der Waals surface area contributed by atoms with Crippen LogP contribution in [0.15, 0.2) is 66.7 Å². The molecule has 0 aromatic heterocycles. The van der Waals surface area contributed by atoms with E-state index < -0.39 is 0 Å². The molecule has 0 aliphatic heterocycles. The smallest absolute Gasteiger partial charge is 0.124 e. The number of aliphatic hydroxyl groups excluding tert-OH is 1. The van der Waals surface area contributed by atoms with Crippen LogP contribution in [-0.2, 0) is 13.2 Å². The van der Waals surface area contributed by atoms with Gasteiger partial charge in [-0.05, 0) is 29.3 Å². The predicted molar refractivity (Wildman–Crippen MR) is 105 cm³/mol. The summed E-state index contributed by atoms with van der Waals surface area (Å²) in [6.45, 7) is 3.54. The van der Waals surface area contributed by atoms with E-state index in [1.54, 1.807) is 6.92 Å². The third-order valence-corrected chi connectivity index (χ3v) is 3.98. The van der Waals surface area contributed by atoms with Crippen LogP contribution in [0.25, 0.3) is 10.8 Å². The maximum absolute atomic E-state index is 9.47. The fraction of sp³-hybridized carbons (Fsp3) is 0.238. The molecule has 132 valence electrons. The third-order valence-electron chi connectivity index (χ3n) is 3.98. The van der Waals surface area contributed by atoms with Crippen LogP contribution in [0, 0.1) is 0 Å². The molecule has 0 saturated carbocycles. The highest BCUT2D eigenvalue weighted by Gasteiger charge is 2.09. The zero-order valence-electron chi connectivity index (χ0n) is 14.3. The SMILES string of the molecule is CC(O)CNCc1c(OCc2ccccc2)ccc2ccccc12.Cl. The first kappa shape index (κ1) is 19.3. The first-order chi connectivity index (χ1) is 11.7. The Bertz CT molecular complexity index is 790. The predicted octanol–water partition coefficient (Wildman–Crippen LogP) is 4.31. The summed E-state index contributed by atoms with van der Waals surface area (Å²) in [5, 5.41) is 15.1. The fourth-order valence-corrected chi connectivity index (χ4v) is 2.77. The van der Waals surface area contributed by atoms with Crippen molar-refractivity contribution < 1.29 is 9.84 Å². The minimum absolute atomic E-state index is 0. The minimum Gasteiger partial charge on any atom is -0.489 e. The second-order valence-electron chi connectivity index (χ2n) is 6.02. The van der Waals surface area contributed by atoms with Crippen molar-refractivity contribution >= 4 is 23.2 Å². The highest BCUT2D eigenvalue weighted by molar-refractivity contribution is 5.87. The zero-order chi connectivity index (χ0) is 16.8. The molecule has 3 nitrogen and oxygen atoms in total. The average Bonchev–Trinajstić information content (AvgIpc) is 2.61. The Balaban J connectivity index is 0.00000225. The number of nitrogens with one attached hydrogen (secondary N) is 1. The van der Waals surface area contributed by atoms with Crippen LogP contribution < -0.4 is 10.1 Å². The summed E-state index contributed by atoms with van der Waals surface area (Å²) in [5.74, 6) is 0.885. The molecule has 0 amide bonds. The molecule has 0 heterocycles. The summed E-state index contributed by atoms with van der Waals surface area (Å²) in [6.07, 6.45) is -0.367. The Kier molecular flexibility index (Phi) is 7.26. The topological polar surface area (TPSA) is 41.5 Å². The highest BCUT2D eigenvalue weighted by atomic mass is 35.5. The average molecular weight is 358 g/mol. The molecule has 1 atom stereocenters. The lowest BCUT2D eigenvalue weighted by atomic mass is 10.0. The lowest BCUT2D eigenvalue weighted by Crippen LogP contribution is -2.24. The molecule has 3 rings (SSSR count). The van der Waals surface area contributed by atoms with E-state index in [0.717, 1.165) is 16.9 Å². The van der Waals surface area contributed by atoms with Crippen LogP contribution in [-0.4, -0.2) is 17.8 Å². The first-order valence-electron chi connectivity index (χ1n) is 8.30. The Labute approximate surface area is 155 Å². The third kappa shape index (κ3) is 5.20. The highest BCUT2D eigenvalue weighted by Crippen LogP contribution is 2.28. The summed E-state index contributed by atoms with van der Waals surface area (Å²) in [5.41, 5.74) is 2.28. The molecule has 0 spiro atoms. The van der Waals surface area contributed by atoms with Crippen LogP contribution in [0.3, 0.4) is 0 Å². The number of halogens is 1. The van der Waals surface area contributed by atoms with Gasteiger partial charge in [-0.1, -0.05) is 60.7 Å². The van der Waals surface area contributed by atoms with Crippen LogP contribution in [0.1, 0.15) is 18.1 Å². The molecule has 4 heteroatoms. The van der Waals surface area contributed by atoms with Gasteiger partial charge in [0.15, 0.2) is 0 Å². The van der Waals surface area contributed by atoms with Crippen LogP contribution in [0.5, 0.6) is 5.75 Å². The number of benzene rings is 3. The second kappa shape index (κ2) is 9.42. The minimum atomic E-state index is -0.367. The Morgan fingerprint density at radius 1 is 0.960 bits per heavy atom. The van der Waals surface area contributed by atoms with E-state index in [-0.39, 0.29) is 18.5 Å². The second-order valence-corrected chi connectivity index (χ2v) is 6.02. The molecule has 3 aromatic rings. The van der Waals surface area contributed by atoms with Gasteiger partial charge in [-0.3, -0.25) is 0 Å². The van der Waals surface area contributed by atoms with Crippen molar-refractivity contribution in [2.45, 2.75) is 26.2 Å². The largest absolute Gasteiger partial charge is 0.489 e. The lowest BCUT2D eigenvalue weighted by molar-refractivity contribution is 0.190. The van der Waals surface area contributed by atoms with Gasteiger partial charge in [-0.25, -0.2) is 0 Å². The van der Waals surface area contributed by atoms with Gasteiger partial charge in [0.05, 0.1) is 6.10 Å². The van der Waals surface area contributed by atoms with Crippen molar-refractivity contribution in [2.75, 3.05) is 6.54 Å². The number of ether oxygens (including phenoxy) is 1. The summed E-state index contributed by atoms with van der Waals surface area (Å²) >= 11 is 0. The van der Waals surface area contributed by atoms with E-state index >= 15 is 0 Å². The standard InChI is InChI=1S/C21H23NO2.ClH/c1-16(23)13-22-14-20-19-10-6-5-9-18(19)11-12-21(20)24-15-17-7-3-2-4-8-17;/h2-12,16,22-23H,13-15H2,1H3;1H. The normalized spacial score (nSPS) is 11.8. The molecule has 0 radical (unpaired) electrons. The summed E-state index contributed by atoms with van der Waals surface area (Å²) in [4.78, 5) is 0. The van der Waals surface area contributed by atoms with E-state index in [4.69, 9.17) is 4.74 Å². The van der Waals surface area contributed by atoms with E-state index in [1.165, 1.54) is 10.8 Å². The van der Waals surface area contributed by atoms with Gasteiger partial charge in [0.2, 0.25) is 0 Å². The number of fused-ring (bicyclic) bond motifs is 1. The van der Waals surface area contributed by atoms with Crippen LogP contribution in [0.4, 0.5) is 0 Å². The van der Waals surface area contributed by atoms with E-state index in [1.807, 2.05) is 36.4 Å².